The molecule has 1 N–H and O–H groups in total. The molecule has 1 atom stereocenters. The lowest BCUT2D eigenvalue weighted by molar-refractivity contribution is 0.598. The second-order valence-electron chi connectivity index (χ2n) is 4.74. The monoisotopic (exact) mass is 305 g/mol. The van der Waals surface area contributed by atoms with E-state index >= 15 is 0 Å². The van der Waals surface area contributed by atoms with Gasteiger partial charge in [0, 0.05) is 16.7 Å². The van der Waals surface area contributed by atoms with Crippen LogP contribution in [0.25, 0.3) is 0 Å². The molecular formula is C17H20ClNS. The molecule has 2 rings (SSSR count). The molecule has 2 aromatic rings. The SMILES string of the molecule is CCNC(C)c1ccc(SCc2ccccc2)c(Cl)c1. The fraction of sp³-hybridized carbons (Fsp3) is 0.294. The first kappa shape index (κ1) is 15.4. The molecule has 0 spiro atoms. The van der Waals surface area contributed by atoms with Gasteiger partial charge in [-0.1, -0.05) is 54.9 Å². The van der Waals surface area contributed by atoms with Crippen LogP contribution in [0.15, 0.2) is 53.4 Å². The maximum Gasteiger partial charge on any atom is 0.0545 e. The van der Waals surface area contributed by atoms with Crippen LogP contribution < -0.4 is 5.32 Å². The molecule has 0 saturated carbocycles. The third kappa shape index (κ3) is 4.27. The number of thioether (sulfide) groups is 1. The summed E-state index contributed by atoms with van der Waals surface area (Å²) in [5.41, 5.74) is 2.56. The van der Waals surface area contributed by atoms with Gasteiger partial charge in [-0.05, 0) is 36.7 Å². The average Bonchev–Trinajstić information content (AvgIpc) is 2.47. The molecule has 2 aromatic carbocycles. The Labute approximate surface area is 130 Å². The Hall–Kier alpha value is -0.960. The average molecular weight is 306 g/mol. The van der Waals surface area contributed by atoms with E-state index in [1.807, 2.05) is 6.07 Å². The normalized spacial score (nSPS) is 12.3. The lowest BCUT2D eigenvalue weighted by Crippen LogP contribution is -2.17. The van der Waals surface area contributed by atoms with Crippen molar-refractivity contribution < 1.29 is 0 Å². The van der Waals surface area contributed by atoms with Crippen LogP contribution in [0.2, 0.25) is 5.02 Å². The van der Waals surface area contributed by atoms with Gasteiger partial charge in [0.25, 0.3) is 0 Å². The van der Waals surface area contributed by atoms with Crippen molar-refractivity contribution in [3.63, 3.8) is 0 Å². The van der Waals surface area contributed by atoms with Gasteiger partial charge in [-0.25, -0.2) is 0 Å². The fourth-order valence-corrected chi connectivity index (χ4v) is 3.29. The van der Waals surface area contributed by atoms with Crippen molar-refractivity contribution in [2.24, 2.45) is 0 Å². The highest BCUT2D eigenvalue weighted by atomic mass is 35.5. The number of rotatable bonds is 6. The summed E-state index contributed by atoms with van der Waals surface area (Å²) < 4.78 is 0. The van der Waals surface area contributed by atoms with Crippen LogP contribution >= 0.6 is 23.4 Å². The molecule has 0 aliphatic carbocycles. The summed E-state index contributed by atoms with van der Waals surface area (Å²) >= 11 is 8.17. The topological polar surface area (TPSA) is 12.0 Å². The molecule has 106 valence electrons. The van der Waals surface area contributed by atoms with E-state index in [1.165, 1.54) is 11.1 Å². The molecule has 3 heteroatoms. The molecule has 0 heterocycles. The van der Waals surface area contributed by atoms with Gasteiger partial charge in [0.2, 0.25) is 0 Å². The van der Waals surface area contributed by atoms with Gasteiger partial charge in [0.1, 0.15) is 0 Å². The van der Waals surface area contributed by atoms with Crippen molar-refractivity contribution in [3.05, 3.63) is 64.7 Å². The maximum atomic E-state index is 6.39. The van der Waals surface area contributed by atoms with Gasteiger partial charge in [-0.3, -0.25) is 0 Å². The molecule has 1 nitrogen and oxygen atoms in total. The minimum atomic E-state index is 0.339. The molecular weight excluding hydrogens is 286 g/mol. The number of benzene rings is 2. The quantitative estimate of drug-likeness (QED) is 0.727. The lowest BCUT2D eigenvalue weighted by Gasteiger charge is -2.14. The minimum absolute atomic E-state index is 0.339. The first-order valence-corrected chi connectivity index (χ1v) is 8.26. The Morgan fingerprint density at radius 2 is 1.90 bits per heavy atom. The molecule has 0 radical (unpaired) electrons. The predicted octanol–water partition coefficient (Wildman–Crippen LogP) is 5.30. The van der Waals surface area contributed by atoms with E-state index in [2.05, 4.69) is 61.6 Å². The van der Waals surface area contributed by atoms with Crippen LogP contribution in [0, 0.1) is 0 Å². The van der Waals surface area contributed by atoms with E-state index in [-0.39, 0.29) is 0 Å². The molecule has 20 heavy (non-hydrogen) atoms. The van der Waals surface area contributed by atoms with Crippen molar-refractivity contribution in [2.75, 3.05) is 6.54 Å². The highest BCUT2D eigenvalue weighted by molar-refractivity contribution is 7.98. The molecule has 0 aromatic heterocycles. The standard InChI is InChI=1S/C17H20ClNS/c1-3-19-13(2)15-9-10-17(16(18)11-15)20-12-14-7-5-4-6-8-14/h4-11,13,19H,3,12H2,1-2H3. The van der Waals surface area contributed by atoms with Crippen molar-refractivity contribution >= 4 is 23.4 Å². The smallest absolute Gasteiger partial charge is 0.0545 e. The van der Waals surface area contributed by atoms with Crippen LogP contribution in [0.4, 0.5) is 0 Å². The summed E-state index contributed by atoms with van der Waals surface area (Å²) in [6.07, 6.45) is 0. The van der Waals surface area contributed by atoms with Gasteiger partial charge in [-0.2, -0.15) is 0 Å². The third-order valence-electron chi connectivity index (χ3n) is 3.20. The van der Waals surface area contributed by atoms with Crippen molar-refractivity contribution in [3.8, 4) is 0 Å². The van der Waals surface area contributed by atoms with Crippen LogP contribution in [-0.2, 0) is 5.75 Å². The van der Waals surface area contributed by atoms with Gasteiger partial charge in [-0.15, -0.1) is 11.8 Å². The zero-order chi connectivity index (χ0) is 14.4. The Kier molecular flexibility index (Phi) is 5.96. The summed E-state index contributed by atoms with van der Waals surface area (Å²) in [5, 5.41) is 4.24. The molecule has 1 unspecified atom stereocenters. The second kappa shape index (κ2) is 7.72. The highest BCUT2D eigenvalue weighted by Gasteiger charge is 2.07. The summed E-state index contributed by atoms with van der Waals surface area (Å²) in [4.78, 5) is 1.14. The Bertz CT molecular complexity index is 542. The van der Waals surface area contributed by atoms with Crippen molar-refractivity contribution in [1.82, 2.24) is 5.32 Å². The van der Waals surface area contributed by atoms with Gasteiger partial charge >= 0.3 is 0 Å². The van der Waals surface area contributed by atoms with E-state index in [4.69, 9.17) is 11.6 Å². The first-order chi connectivity index (χ1) is 9.70. The van der Waals surface area contributed by atoms with E-state index in [0.717, 1.165) is 22.2 Å². The second-order valence-corrected chi connectivity index (χ2v) is 6.17. The van der Waals surface area contributed by atoms with Crippen molar-refractivity contribution in [2.45, 2.75) is 30.5 Å². The summed E-state index contributed by atoms with van der Waals surface area (Å²) in [6.45, 7) is 5.23. The molecule has 0 bridgehead atoms. The Balaban J connectivity index is 2.02. The highest BCUT2D eigenvalue weighted by Crippen LogP contribution is 2.31. The summed E-state index contributed by atoms with van der Waals surface area (Å²) in [7, 11) is 0. The molecule has 0 saturated heterocycles. The largest absolute Gasteiger partial charge is 0.310 e. The first-order valence-electron chi connectivity index (χ1n) is 6.90. The number of halogens is 1. The fourth-order valence-electron chi connectivity index (χ4n) is 2.06. The molecule has 0 amide bonds. The Morgan fingerprint density at radius 1 is 1.15 bits per heavy atom. The number of hydrogen-bond acceptors (Lipinski definition) is 2. The lowest BCUT2D eigenvalue weighted by atomic mass is 10.1. The van der Waals surface area contributed by atoms with Gasteiger partial charge < -0.3 is 5.32 Å². The zero-order valence-corrected chi connectivity index (χ0v) is 13.5. The summed E-state index contributed by atoms with van der Waals surface area (Å²) in [5.74, 6) is 0.947. The van der Waals surface area contributed by atoms with E-state index in [1.54, 1.807) is 11.8 Å². The van der Waals surface area contributed by atoms with Gasteiger partial charge in [0.05, 0.1) is 5.02 Å². The van der Waals surface area contributed by atoms with E-state index in [9.17, 15) is 0 Å². The van der Waals surface area contributed by atoms with Crippen LogP contribution in [0.5, 0.6) is 0 Å². The van der Waals surface area contributed by atoms with E-state index < -0.39 is 0 Å². The molecule has 0 fully saturated rings. The van der Waals surface area contributed by atoms with Gasteiger partial charge in [0.15, 0.2) is 0 Å². The number of hydrogen-bond donors (Lipinski definition) is 1. The summed E-state index contributed by atoms with van der Waals surface area (Å²) in [6, 6.07) is 17.2. The van der Waals surface area contributed by atoms with Crippen LogP contribution in [0.3, 0.4) is 0 Å². The minimum Gasteiger partial charge on any atom is -0.310 e. The zero-order valence-electron chi connectivity index (χ0n) is 11.9. The predicted molar refractivity (Wildman–Crippen MR) is 89.5 cm³/mol. The molecule has 0 aliphatic heterocycles. The van der Waals surface area contributed by atoms with Crippen LogP contribution in [0.1, 0.15) is 31.0 Å². The van der Waals surface area contributed by atoms with E-state index in [0.29, 0.717) is 6.04 Å². The van der Waals surface area contributed by atoms with Crippen LogP contribution in [-0.4, -0.2) is 6.54 Å². The molecule has 0 aliphatic rings. The third-order valence-corrected chi connectivity index (χ3v) is 4.77. The maximum absolute atomic E-state index is 6.39. The van der Waals surface area contributed by atoms with Crippen molar-refractivity contribution in [1.29, 1.82) is 0 Å². The number of nitrogens with one attached hydrogen (secondary N) is 1. The Morgan fingerprint density at radius 3 is 2.55 bits per heavy atom.